The number of hydrogen-bond acceptors (Lipinski definition) is 7. The number of fused-ring (bicyclic) bond motifs is 2. The summed E-state index contributed by atoms with van der Waals surface area (Å²) in [5.41, 5.74) is 7.98. The summed E-state index contributed by atoms with van der Waals surface area (Å²) in [6.45, 7) is 2.34. The van der Waals surface area contributed by atoms with E-state index in [0.717, 1.165) is 47.7 Å². The van der Waals surface area contributed by atoms with E-state index in [1.54, 1.807) is 0 Å². The first-order valence-corrected chi connectivity index (χ1v) is 13.4. The van der Waals surface area contributed by atoms with Crippen molar-refractivity contribution in [3.05, 3.63) is 41.5 Å². The molecule has 37 heavy (non-hydrogen) atoms. The third kappa shape index (κ3) is 2.68. The first-order chi connectivity index (χ1) is 17.6. The topological polar surface area (TPSA) is 131 Å². The third-order valence-corrected chi connectivity index (χ3v) is 10.8. The highest BCUT2D eigenvalue weighted by Gasteiger charge is 2.74. The average Bonchev–Trinajstić information content (AvgIpc) is 3.54. The summed E-state index contributed by atoms with van der Waals surface area (Å²) in [6, 6.07) is 8.79. The fraction of sp³-hybridized carbons (Fsp3) is 0.586. The van der Waals surface area contributed by atoms with Crippen LogP contribution in [-0.4, -0.2) is 68.9 Å². The van der Waals surface area contributed by atoms with E-state index in [9.17, 15) is 15.5 Å². The Morgan fingerprint density at radius 1 is 1.22 bits per heavy atom. The first-order valence-electron chi connectivity index (χ1n) is 13.4. The van der Waals surface area contributed by atoms with Gasteiger partial charge in [-0.05, 0) is 86.9 Å². The Labute approximate surface area is 216 Å². The summed E-state index contributed by atoms with van der Waals surface area (Å²) in [5.74, 6) is 0.641. The Kier molecular flexibility index (Phi) is 4.58. The number of aromatic amines is 1. The van der Waals surface area contributed by atoms with Gasteiger partial charge in [0.25, 0.3) is 0 Å². The number of benzene rings is 1. The minimum Gasteiger partial charge on any atom is -0.388 e. The Morgan fingerprint density at radius 2 is 2.03 bits per heavy atom. The maximum Gasteiger partial charge on any atom is 0.153 e. The van der Waals surface area contributed by atoms with Gasteiger partial charge in [0.05, 0.1) is 28.9 Å². The van der Waals surface area contributed by atoms with Crippen molar-refractivity contribution in [1.82, 2.24) is 15.1 Å². The van der Waals surface area contributed by atoms with Gasteiger partial charge in [0.2, 0.25) is 0 Å². The van der Waals surface area contributed by atoms with Gasteiger partial charge in [-0.15, -0.1) is 0 Å². The van der Waals surface area contributed by atoms with Crippen molar-refractivity contribution < 1.29 is 14.9 Å². The van der Waals surface area contributed by atoms with Crippen molar-refractivity contribution in [3.63, 3.8) is 0 Å². The van der Waals surface area contributed by atoms with Gasteiger partial charge < -0.3 is 25.6 Å². The molecule has 8 heteroatoms. The molecule has 2 spiro atoms. The monoisotopic (exact) mass is 501 g/mol. The second-order valence-corrected chi connectivity index (χ2v) is 12.5. The molecule has 2 bridgehead atoms. The second kappa shape index (κ2) is 7.23. The molecule has 1 aromatic carbocycles. The predicted octanol–water partition coefficient (Wildman–Crippen LogP) is 3.14. The van der Waals surface area contributed by atoms with Gasteiger partial charge in [0.1, 0.15) is 11.5 Å². The number of nitriles is 1. The molecule has 3 fully saturated rings. The minimum atomic E-state index is -1.03. The zero-order chi connectivity index (χ0) is 26.0. The lowest BCUT2D eigenvalue weighted by molar-refractivity contribution is -0.223. The van der Waals surface area contributed by atoms with Crippen LogP contribution in [0.1, 0.15) is 51.0 Å². The number of anilines is 1. The van der Waals surface area contributed by atoms with Crippen LogP contribution in [0, 0.1) is 28.1 Å². The number of rotatable bonds is 2. The molecule has 0 radical (unpaired) electrons. The van der Waals surface area contributed by atoms with Crippen LogP contribution in [-0.2, 0) is 4.74 Å². The molecule has 0 amide bonds. The molecular formula is C29H35N5O3. The number of aliphatic hydroxyl groups is 2. The molecule has 2 saturated carbocycles. The van der Waals surface area contributed by atoms with E-state index >= 15 is 0 Å². The van der Waals surface area contributed by atoms with E-state index in [1.807, 2.05) is 31.1 Å². The number of hydrogen-bond donors (Lipinski definition) is 4. The maximum absolute atomic E-state index is 11.3. The highest BCUT2D eigenvalue weighted by molar-refractivity contribution is 5.92. The number of ether oxygens (including phenoxy) is 1. The van der Waals surface area contributed by atoms with Crippen LogP contribution >= 0.6 is 0 Å². The van der Waals surface area contributed by atoms with Gasteiger partial charge >= 0.3 is 0 Å². The standard InChI is InChI=1S/C29H35N5O3/c1-26-8-9-27(15-30)13-19-23(35)24(36)21(34(2)3)14-28(19)10-11-29(27,37-28)22(26)7-5-18(26)16-4-6-20-17(12-16)25(31)33-32-20/h4-6,12-13,21-24,35-36H,7-11,14H2,1-3H3,(H3,31,32,33). The Morgan fingerprint density at radius 3 is 2.78 bits per heavy atom. The first kappa shape index (κ1) is 23.4. The normalized spacial score (nSPS) is 44.1. The van der Waals surface area contributed by atoms with Crippen LogP contribution in [0.5, 0.6) is 0 Å². The quantitative estimate of drug-likeness (QED) is 0.465. The lowest BCUT2D eigenvalue weighted by Gasteiger charge is -2.61. The summed E-state index contributed by atoms with van der Waals surface area (Å²) >= 11 is 0. The van der Waals surface area contributed by atoms with Gasteiger partial charge in [-0.25, -0.2) is 0 Å². The van der Waals surface area contributed by atoms with Gasteiger partial charge in [-0.3, -0.25) is 5.10 Å². The van der Waals surface area contributed by atoms with Crippen molar-refractivity contribution in [2.45, 2.75) is 74.9 Å². The molecule has 8 unspecified atom stereocenters. The number of nitrogens with one attached hydrogen (secondary N) is 1. The van der Waals surface area contributed by atoms with Crippen molar-refractivity contribution in [2.24, 2.45) is 16.7 Å². The lowest BCUT2D eigenvalue weighted by atomic mass is 9.49. The smallest absolute Gasteiger partial charge is 0.153 e. The molecule has 8 nitrogen and oxygen atoms in total. The van der Waals surface area contributed by atoms with E-state index in [-0.39, 0.29) is 17.4 Å². The number of H-pyrrole nitrogens is 1. The SMILES string of the molecule is CN(C)C1CC23CCC4(O2)C2CC=C(c5ccc6[nH]nc(N)c6c5)C2(C)CCC4(C#N)C=C3C(O)C1O. The highest BCUT2D eigenvalue weighted by atomic mass is 16.5. The lowest BCUT2D eigenvalue weighted by Crippen LogP contribution is -2.66. The number of likely N-dealkylation sites (N-methyl/N-ethyl adjacent to an activating group) is 1. The number of nitrogens with two attached hydrogens (primary N) is 1. The number of aromatic nitrogens is 2. The molecule has 1 aromatic heterocycles. The molecule has 2 aliphatic heterocycles. The Balaban J connectivity index is 1.33. The Bertz CT molecular complexity index is 1420. The number of aliphatic hydroxyl groups excluding tert-OH is 2. The zero-order valence-corrected chi connectivity index (χ0v) is 21.7. The van der Waals surface area contributed by atoms with Gasteiger partial charge in [0, 0.05) is 17.3 Å². The summed E-state index contributed by atoms with van der Waals surface area (Å²) in [5, 5.41) is 41.0. The zero-order valence-electron chi connectivity index (χ0n) is 21.7. The molecule has 5 aliphatic rings. The van der Waals surface area contributed by atoms with Gasteiger partial charge in [0.15, 0.2) is 5.82 Å². The van der Waals surface area contributed by atoms with Crippen LogP contribution in [0.4, 0.5) is 5.82 Å². The average molecular weight is 502 g/mol. The molecule has 8 atom stereocenters. The van der Waals surface area contributed by atoms with Crippen molar-refractivity contribution in [2.75, 3.05) is 19.8 Å². The summed E-state index contributed by atoms with van der Waals surface area (Å²) in [7, 11) is 3.88. The molecule has 194 valence electrons. The number of nitrogens with zero attached hydrogens (tertiary/aromatic N) is 3. The molecule has 2 aromatic rings. The van der Waals surface area contributed by atoms with Crippen LogP contribution in [0.2, 0.25) is 0 Å². The van der Waals surface area contributed by atoms with E-state index < -0.39 is 28.8 Å². The fourth-order valence-corrected chi connectivity index (χ4v) is 8.89. The van der Waals surface area contributed by atoms with E-state index in [0.29, 0.717) is 18.7 Å². The van der Waals surface area contributed by atoms with Crippen molar-refractivity contribution >= 4 is 22.3 Å². The largest absolute Gasteiger partial charge is 0.388 e. The molecular weight excluding hydrogens is 466 g/mol. The van der Waals surface area contributed by atoms with E-state index in [4.69, 9.17) is 10.5 Å². The molecule has 3 heterocycles. The summed E-state index contributed by atoms with van der Waals surface area (Å²) < 4.78 is 7.26. The van der Waals surface area contributed by atoms with Crippen LogP contribution in [0.3, 0.4) is 0 Å². The Hall–Kier alpha value is -2.70. The van der Waals surface area contributed by atoms with Crippen LogP contribution in [0.15, 0.2) is 35.9 Å². The second-order valence-electron chi connectivity index (χ2n) is 12.5. The number of allylic oxidation sites excluding steroid dienone is 2. The van der Waals surface area contributed by atoms with Crippen LogP contribution in [0.25, 0.3) is 16.5 Å². The maximum atomic E-state index is 11.3. The summed E-state index contributed by atoms with van der Waals surface area (Å²) in [6.07, 6.45) is 6.95. The van der Waals surface area contributed by atoms with E-state index in [1.165, 1.54) is 5.57 Å². The van der Waals surface area contributed by atoms with Crippen molar-refractivity contribution in [3.8, 4) is 6.07 Å². The minimum absolute atomic E-state index is 0.139. The third-order valence-electron chi connectivity index (χ3n) is 10.8. The molecule has 7 rings (SSSR count). The predicted molar refractivity (Wildman–Crippen MR) is 140 cm³/mol. The van der Waals surface area contributed by atoms with E-state index in [2.05, 4.69) is 41.4 Å². The fourth-order valence-electron chi connectivity index (χ4n) is 8.89. The number of nitrogen functional groups attached to an aromatic ring is 1. The molecule has 3 aliphatic carbocycles. The summed E-state index contributed by atoms with van der Waals surface area (Å²) in [4.78, 5) is 1.98. The van der Waals surface area contributed by atoms with Gasteiger partial charge in [-0.2, -0.15) is 10.4 Å². The van der Waals surface area contributed by atoms with Crippen LogP contribution < -0.4 is 5.73 Å². The molecule has 5 N–H and O–H groups in total. The van der Waals surface area contributed by atoms with Crippen molar-refractivity contribution in [1.29, 1.82) is 5.26 Å². The molecule has 1 saturated heterocycles. The van der Waals surface area contributed by atoms with Gasteiger partial charge in [-0.1, -0.05) is 25.1 Å². The highest BCUT2D eigenvalue weighted by Crippen LogP contribution is 2.72.